The fourth-order valence-electron chi connectivity index (χ4n) is 2.86. The van der Waals surface area contributed by atoms with Crippen molar-refractivity contribution >= 4 is 9.84 Å². The summed E-state index contributed by atoms with van der Waals surface area (Å²) in [6.45, 7) is 4.97. The van der Waals surface area contributed by atoms with E-state index in [1.54, 1.807) is 0 Å². The van der Waals surface area contributed by atoms with Gasteiger partial charge < -0.3 is 5.32 Å². The van der Waals surface area contributed by atoms with Crippen molar-refractivity contribution in [3.05, 3.63) is 35.9 Å². The summed E-state index contributed by atoms with van der Waals surface area (Å²) in [5.74, 6) is 0.211. The van der Waals surface area contributed by atoms with Gasteiger partial charge in [0.15, 0.2) is 0 Å². The van der Waals surface area contributed by atoms with E-state index in [1.807, 2.05) is 13.0 Å². The summed E-state index contributed by atoms with van der Waals surface area (Å²) in [6.07, 6.45) is 2.38. The standard InChI is InChI=1S/C15H24N2O2S/c1-13(12-20(2,18)19)16-15-8-9-17(11-15)10-14-6-4-3-5-7-14/h3-7,13,15-16H,8-12H2,1-2H3. The second kappa shape index (κ2) is 6.70. The van der Waals surface area contributed by atoms with Gasteiger partial charge in [-0.1, -0.05) is 30.3 Å². The molecule has 1 aliphatic rings. The van der Waals surface area contributed by atoms with E-state index >= 15 is 0 Å². The quantitative estimate of drug-likeness (QED) is 0.859. The van der Waals surface area contributed by atoms with Gasteiger partial charge in [-0.15, -0.1) is 0 Å². The van der Waals surface area contributed by atoms with Crippen molar-refractivity contribution in [2.45, 2.75) is 32.0 Å². The second-order valence-corrected chi connectivity index (χ2v) is 8.05. The second-order valence-electron chi connectivity index (χ2n) is 5.87. The van der Waals surface area contributed by atoms with Gasteiger partial charge in [-0.2, -0.15) is 0 Å². The van der Waals surface area contributed by atoms with E-state index in [1.165, 1.54) is 11.8 Å². The largest absolute Gasteiger partial charge is 0.309 e. The molecule has 112 valence electrons. The molecule has 1 fully saturated rings. The highest BCUT2D eigenvalue weighted by molar-refractivity contribution is 7.90. The molecule has 2 unspecified atom stereocenters. The van der Waals surface area contributed by atoms with Gasteiger partial charge in [-0.25, -0.2) is 8.42 Å². The Labute approximate surface area is 122 Å². The van der Waals surface area contributed by atoms with Gasteiger partial charge in [-0.05, 0) is 18.9 Å². The minimum Gasteiger partial charge on any atom is -0.309 e. The smallest absolute Gasteiger partial charge is 0.148 e. The molecule has 0 amide bonds. The lowest BCUT2D eigenvalue weighted by Crippen LogP contribution is -2.41. The normalized spacial score (nSPS) is 22.0. The molecule has 1 heterocycles. The van der Waals surface area contributed by atoms with Crippen molar-refractivity contribution in [3.8, 4) is 0 Å². The summed E-state index contributed by atoms with van der Waals surface area (Å²) in [5.41, 5.74) is 1.33. The lowest BCUT2D eigenvalue weighted by Gasteiger charge is -2.20. The van der Waals surface area contributed by atoms with Crippen LogP contribution in [-0.2, 0) is 16.4 Å². The first kappa shape index (κ1) is 15.5. The summed E-state index contributed by atoms with van der Waals surface area (Å²) in [5, 5.41) is 3.43. The molecule has 2 atom stereocenters. The number of hydrogen-bond donors (Lipinski definition) is 1. The van der Waals surface area contributed by atoms with Gasteiger partial charge in [0, 0.05) is 38.0 Å². The first-order valence-electron chi connectivity index (χ1n) is 7.12. The molecule has 5 heteroatoms. The fraction of sp³-hybridized carbons (Fsp3) is 0.600. The highest BCUT2D eigenvalue weighted by Crippen LogP contribution is 2.14. The number of rotatable bonds is 6. The maximum atomic E-state index is 11.3. The number of likely N-dealkylation sites (tertiary alicyclic amines) is 1. The van der Waals surface area contributed by atoms with Crippen molar-refractivity contribution in [2.24, 2.45) is 0 Å². The Bertz CT molecular complexity index is 516. The predicted octanol–water partition coefficient (Wildman–Crippen LogP) is 1.28. The van der Waals surface area contributed by atoms with Crippen molar-refractivity contribution in [1.29, 1.82) is 0 Å². The SMILES string of the molecule is CC(CS(C)(=O)=O)NC1CCN(Cc2ccccc2)C1. The molecule has 0 bridgehead atoms. The molecule has 1 aromatic rings. The third-order valence-electron chi connectivity index (χ3n) is 3.59. The Morgan fingerprint density at radius 1 is 1.35 bits per heavy atom. The zero-order valence-corrected chi connectivity index (χ0v) is 13.1. The molecule has 1 N–H and O–H groups in total. The predicted molar refractivity (Wildman–Crippen MR) is 82.4 cm³/mol. The topological polar surface area (TPSA) is 49.4 Å². The van der Waals surface area contributed by atoms with Crippen LogP contribution in [0.4, 0.5) is 0 Å². The van der Waals surface area contributed by atoms with Crippen LogP contribution in [0.15, 0.2) is 30.3 Å². The number of benzene rings is 1. The average Bonchev–Trinajstić information content (AvgIpc) is 2.75. The van der Waals surface area contributed by atoms with Crippen LogP contribution in [0.1, 0.15) is 18.9 Å². The van der Waals surface area contributed by atoms with Gasteiger partial charge >= 0.3 is 0 Å². The maximum absolute atomic E-state index is 11.3. The molecule has 2 rings (SSSR count). The van der Waals surface area contributed by atoms with Gasteiger partial charge in [0.05, 0.1) is 5.75 Å². The van der Waals surface area contributed by atoms with Crippen LogP contribution in [0.2, 0.25) is 0 Å². The molecule has 20 heavy (non-hydrogen) atoms. The highest BCUT2D eigenvalue weighted by atomic mass is 32.2. The molecule has 1 aromatic carbocycles. The fourth-order valence-corrected chi connectivity index (χ4v) is 3.86. The van der Waals surface area contributed by atoms with E-state index in [9.17, 15) is 8.42 Å². The van der Waals surface area contributed by atoms with Gasteiger partial charge in [0.2, 0.25) is 0 Å². The third-order valence-corrected chi connectivity index (χ3v) is 4.70. The summed E-state index contributed by atoms with van der Waals surface area (Å²) in [6, 6.07) is 10.9. The molecule has 1 saturated heterocycles. The number of nitrogens with zero attached hydrogens (tertiary/aromatic N) is 1. The van der Waals surface area contributed by atoms with E-state index in [0.29, 0.717) is 6.04 Å². The Morgan fingerprint density at radius 3 is 2.70 bits per heavy atom. The molecule has 0 aromatic heterocycles. The zero-order chi connectivity index (χ0) is 14.6. The Kier molecular flexibility index (Phi) is 5.18. The Morgan fingerprint density at radius 2 is 2.05 bits per heavy atom. The monoisotopic (exact) mass is 296 g/mol. The van der Waals surface area contributed by atoms with E-state index in [-0.39, 0.29) is 11.8 Å². The molecule has 4 nitrogen and oxygen atoms in total. The minimum atomic E-state index is -2.90. The number of sulfone groups is 1. The minimum absolute atomic E-state index is 0.0201. The Hall–Kier alpha value is -0.910. The average molecular weight is 296 g/mol. The van der Waals surface area contributed by atoms with Gasteiger partial charge in [0.1, 0.15) is 9.84 Å². The molecular formula is C15H24N2O2S. The van der Waals surface area contributed by atoms with Crippen LogP contribution in [-0.4, -0.2) is 50.5 Å². The number of hydrogen-bond acceptors (Lipinski definition) is 4. The number of nitrogens with one attached hydrogen (secondary N) is 1. The van der Waals surface area contributed by atoms with Crippen molar-refractivity contribution in [1.82, 2.24) is 10.2 Å². The molecule has 0 aliphatic carbocycles. The first-order chi connectivity index (χ1) is 9.42. The van der Waals surface area contributed by atoms with Crippen LogP contribution in [0, 0.1) is 0 Å². The first-order valence-corrected chi connectivity index (χ1v) is 9.18. The van der Waals surface area contributed by atoms with E-state index in [0.717, 1.165) is 26.1 Å². The van der Waals surface area contributed by atoms with Crippen LogP contribution in [0.3, 0.4) is 0 Å². The van der Waals surface area contributed by atoms with Crippen LogP contribution >= 0.6 is 0 Å². The van der Waals surface area contributed by atoms with Crippen LogP contribution in [0.25, 0.3) is 0 Å². The van der Waals surface area contributed by atoms with Crippen molar-refractivity contribution in [2.75, 3.05) is 25.1 Å². The van der Waals surface area contributed by atoms with Crippen LogP contribution in [0.5, 0.6) is 0 Å². The summed E-state index contributed by atoms with van der Waals surface area (Å²) in [4.78, 5) is 2.42. The van der Waals surface area contributed by atoms with Crippen molar-refractivity contribution in [3.63, 3.8) is 0 Å². The Balaban J connectivity index is 1.78. The van der Waals surface area contributed by atoms with E-state index < -0.39 is 9.84 Å². The molecule has 1 aliphatic heterocycles. The molecule has 0 saturated carbocycles. The molecule has 0 radical (unpaired) electrons. The highest BCUT2D eigenvalue weighted by Gasteiger charge is 2.24. The van der Waals surface area contributed by atoms with E-state index in [4.69, 9.17) is 0 Å². The third kappa shape index (κ3) is 5.23. The van der Waals surface area contributed by atoms with E-state index in [2.05, 4.69) is 34.5 Å². The molecule has 0 spiro atoms. The van der Waals surface area contributed by atoms with Gasteiger partial charge in [0.25, 0.3) is 0 Å². The zero-order valence-electron chi connectivity index (χ0n) is 12.2. The summed E-state index contributed by atoms with van der Waals surface area (Å²) < 4.78 is 22.5. The summed E-state index contributed by atoms with van der Waals surface area (Å²) >= 11 is 0. The lowest BCUT2D eigenvalue weighted by molar-refractivity contribution is 0.317. The maximum Gasteiger partial charge on any atom is 0.148 e. The lowest BCUT2D eigenvalue weighted by atomic mass is 10.2. The molecular weight excluding hydrogens is 272 g/mol. The summed E-state index contributed by atoms with van der Waals surface area (Å²) in [7, 11) is -2.90. The van der Waals surface area contributed by atoms with Crippen LogP contribution < -0.4 is 5.32 Å². The van der Waals surface area contributed by atoms with Gasteiger partial charge in [-0.3, -0.25) is 4.90 Å². The van der Waals surface area contributed by atoms with Crippen molar-refractivity contribution < 1.29 is 8.42 Å².